The van der Waals surface area contributed by atoms with Gasteiger partial charge in [-0.15, -0.1) is 0 Å². The highest BCUT2D eigenvalue weighted by atomic mass is 16.5. The molecule has 0 radical (unpaired) electrons. The molecule has 2 aromatic carbocycles. The third-order valence-electron chi connectivity index (χ3n) is 7.33. The van der Waals surface area contributed by atoms with E-state index in [0.29, 0.717) is 13.0 Å². The van der Waals surface area contributed by atoms with Crippen LogP contribution in [0.5, 0.6) is 0 Å². The van der Waals surface area contributed by atoms with Gasteiger partial charge in [0.2, 0.25) is 5.91 Å². The monoisotopic (exact) mass is 478 g/mol. The number of hydrogen-bond donors (Lipinski definition) is 3. The number of carboxylic acid groups (broad SMARTS) is 1. The van der Waals surface area contributed by atoms with Gasteiger partial charge in [0.15, 0.2) is 0 Å². The van der Waals surface area contributed by atoms with Crippen LogP contribution in [0.25, 0.3) is 11.1 Å². The lowest BCUT2D eigenvalue weighted by molar-refractivity contribution is -0.144. The zero-order chi connectivity index (χ0) is 24.9. The molecule has 7 nitrogen and oxygen atoms in total. The molecule has 2 aromatic rings. The van der Waals surface area contributed by atoms with Gasteiger partial charge in [-0.05, 0) is 46.9 Å². The average molecular weight is 479 g/mol. The first-order valence-corrected chi connectivity index (χ1v) is 12.5. The predicted octanol–water partition coefficient (Wildman–Crippen LogP) is 4.56. The van der Waals surface area contributed by atoms with Gasteiger partial charge in [0.1, 0.15) is 12.6 Å². The highest BCUT2D eigenvalue weighted by Crippen LogP contribution is 2.44. The standard InChI is InChI=1S/C28H34N2O5/c1-17(2)25(27(32)33)30-26(31)19-10-4-3-9-18(19)15-29-28(34)35-16-24-22-13-7-5-11-20(22)21-12-6-8-14-23(21)24/h5-8,11-14,17-19,24-25H,3-4,9-10,15-16H2,1-2H3,(H,29,34)(H,30,31)(H,32,33)/t18-,19-,25+/m1/s1. The lowest BCUT2D eigenvalue weighted by Gasteiger charge is -2.32. The third-order valence-corrected chi connectivity index (χ3v) is 7.33. The number of rotatable bonds is 8. The normalized spacial score (nSPS) is 20.0. The van der Waals surface area contributed by atoms with E-state index in [2.05, 4.69) is 34.9 Å². The number of carbonyl (C=O) groups excluding carboxylic acids is 2. The highest BCUT2D eigenvalue weighted by molar-refractivity contribution is 5.85. The van der Waals surface area contributed by atoms with Crippen LogP contribution >= 0.6 is 0 Å². The van der Waals surface area contributed by atoms with Crippen LogP contribution in [-0.4, -0.2) is 42.3 Å². The number of carboxylic acids is 1. The maximum Gasteiger partial charge on any atom is 0.407 e. The number of amides is 2. The molecule has 186 valence electrons. The molecule has 1 fully saturated rings. The van der Waals surface area contributed by atoms with Gasteiger partial charge < -0.3 is 20.5 Å². The summed E-state index contributed by atoms with van der Waals surface area (Å²) >= 11 is 0. The van der Waals surface area contributed by atoms with Crippen molar-refractivity contribution in [3.8, 4) is 11.1 Å². The second-order valence-corrected chi connectivity index (χ2v) is 9.93. The Bertz CT molecular complexity index is 1040. The highest BCUT2D eigenvalue weighted by Gasteiger charge is 2.34. The van der Waals surface area contributed by atoms with Crippen molar-refractivity contribution < 1.29 is 24.2 Å². The summed E-state index contributed by atoms with van der Waals surface area (Å²) in [6.45, 7) is 4.11. The molecule has 3 N–H and O–H groups in total. The van der Waals surface area contributed by atoms with E-state index < -0.39 is 18.1 Å². The fourth-order valence-electron chi connectivity index (χ4n) is 5.43. The van der Waals surface area contributed by atoms with Crippen molar-refractivity contribution in [2.45, 2.75) is 51.5 Å². The van der Waals surface area contributed by atoms with Crippen molar-refractivity contribution in [2.75, 3.05) is 13.2 Å². The fourth-order valence-corrected chi connectivity index (χ4v) is 5.43. The van der Waals surface area contributed by atoms with Crippen molar-refractivity contribution in [1.82, 2.24) is 10.6 Å². The lowest BCUT2D eigenvalue weighted by atomic mass is 9.78. The van der Waals surface area contributed by atoms with Gasteiger partial charge in [-0.2, -0.15) is 0 Å². The molecule has 0 aliphatic heterocycles. The smallest absolute Gasteiger partial charge is 0.407 e. The Balaban J connectivity index is 1.33. The SMILES string of the molecule is CC(C)[C@H](NC(=O)[C@@H]1CCCC[C@@H]1CNC(=O)OCC1c2ccccc2-c2ccccc21)C(=O)O. The Morgan fingerprint density at radius 1 is 0.971 bits per heavy atom. The van der Waals surface area contributed by atoms with Gasteiger partial charge in [0, 0.05) is 18.4 Å². The fraction of sp³-hybridized carbons (Fsp3) is 0.464. The topological polar surface area (TPSA) is 105 Å². The van der Waals surface area contributed by atoms with Gasteiger partial charge in [-0.25, -0.2) is 9.59 Å². The summed E-state index contributed by atoms with van der Waals surface area (Å²) in [5.74, 6) is -1.87. The van der Waals surface area contributed by atoms with Crippen molar-refractivity contribution in [3.63, 3.8) is 0 Å². The molecule has 0 saturated heterocycles. The zero-order valence-corrected chi connectivity index (χ0v) is 20.3. The summed E-state index contributed by atoms with van der Waals surface area (Å²) in [6, 6.07) is 15.5. The molecule has 0 unspecified atom stereocenters. The van der Waals surface area contributed by atoms with Crippen molar-refractivity contribution in [3.05, 3.63) is 59.7 Å². The van der Waals surface area contributed by atoms with Crippen LogP contribution in [0.4, 0.5) is 4.79 Å². The molecule has 0 aromatic heterocycles. The van der Waals surface area contributed by atoms with Gasteiger partial charge >= 0.3 is 12.1 Å². The van der Waals surface area contributed by atoms with E-state index in [1.165, 1.54) is 11.1 Å². The number of fused-ring (bicyclic) bond motifs is 3. The van der Waals surface area contributed by atoms with Gasteiger partial charge in [0.05, 0.1) is 0 Å². The van der Waals surface area contributed by atoms with Crippen LogP contribution in [-0.2, 0) is 14.3 Å². The number of alkyl carbamates (subject to hydrolysis) is 1. The average Bonchev–Trinajstić information content (AvgIpc) is 3.18. The van der Waals surface area contributed by atoms with Crippen LogP contribution in [0.2, 0.25) is 0 Å². The molecule has 4 rings (SSSR count). The Morgan fingerprint density at radius 2 is 1.57 bits per heavy atom. The van der Waals surface area contributed by atoms with Crippen LogP contribution in [0, 0.1) is 17.8 Å². The van der Waals surface area contributed by atoms with E-state index in [1.807, 2.05) is 24.3 Å². The Hall–Kier alpha value is -3.35. The van der Waals surface area contributed by atoms with Crippen LogP contribution in [0.1, 0.15) is 56.6 Å². The molecule has 2 aliphatic carbocycles. The summed E-state index contributed by atoms with van der Waals surface area (Å²) in [5.41, 5.74) is 4.66. The minimum atomic E-state index is -1.03. The van der Waals surface area contributed by atoms with Crippen LogP contribution in [0.3, 0.4) is 0 Å². The first-order valence-electron chi connectivity index (χ1n) is 12.5. The minimum Gasteiger partial charge on any atom is -0.480 e. The van der Waals surface area contributed by atoms with Gasteiger partial charge in [-0.1, -0.05) is 75.2 Å². The number of aliphatic carboxylic acids is 1. The molecule has 0 bridgehead atoms. The molecule has 2 amide bonds. The Morgan fingerprint density at radius 3 is 2.17 bits per heavy atom. The summed E-state index contributed by atoms with van der Waals surface area (Å²) < 4.78 is 5.63. The van der Waals surface area contributed by atoms with Crippen LogP contribution in [0.15, 0.2) is 48.5 Å². The second kappa shape index (κ2) is 10.9. The summed E-state index contributed by atoms with van der Waals surface area (Å²) in [7, 11) is 0. The lowest BCUT2D eigenvalue weighted by Crippen LogP contribution is -2.49. The van der Waals surface area contributed by atoms with Gasteiger partial charge in [0.25, 0.3) is 0 Å². The van der Waals surface area contributed by atoms with Gasteiger partial charge in [-0.3, -0.25) is 4.79 Å². The molecular weight excluding hydrogens is 444 g/mol. The molecule has 1 saturated carbocycles. The predicted molar refractivity (Wildman–Crippen MR) is 133 cm³/mol. The molecule has 2 aliphatic rings. The first kappa shape index (κ1) is 24.8. The van der Waals surface area contributed by atoms with E-state index in [4.69, 9.17) is 4.74 Å². The Kier molecular flexibility index (Phi) is 7.73. The van der Waals surface area contributed by atoms with Crippen molar-refractivity contribution in [2.24, 2.45) is 17.8 Å². The molecule has 35 heavy (non-hydrogen) atoms. The largest absolute Gasteiger partial charge is 0.480 e. The van der Waals surface area contributed by atoms with E-state index in [9.17, 15) is 19.5 Å². The maximum absolute atomic E-state index is 12.9. The molecule has 7 heteroatoms. The number of nitrogens with one attached hydrogen (secondary N) is 2. The quantitative estimate of drug-likeness (QED) is 0.516. The van der Waals surface area contributed by atoms with Crippen LogP contribution < -0.4 is 10.6 Å². The van der Waals surface area contributed by atoms with E-state index in [-0.39, 0.29) is 36.2 Å². The third kappa shape index (κ3) is 5.50. The van der Waals surface area contributed by atoms with E-state index >= 15 is 0 Å². The number of hydrogen-bond acceptors (Lipinski definition) is 4. The number of benzene rings is 2. The Labute approximate surface area is 206 Å². The zero-order valence-electron chi connectivity index (χ0n) is 20.3. The summed E-state index contributed by atoms with van der Waals surface area (Å²) in [5, 5.41) is 15.0. The van der Waals surface area contributed by atoms with Crippen molar-refractivity contribution >= 4 is 18.0 Å². The summed E-state index contributed by atoms with van der Waals surface area (Å²) in [4.78, 5) is 37.0. The number of ether oxygens (including phenoxy) is 1. The second-order valence-electron chi connectivity index (χ2n) is 9.93. The maximum atomic E-state index is 12.9. The van der Waals surface area contributed by atoms with Crippen molar-refractivity contribution in [1.29, 1.82) is 0 Å². The van der Waals surface area contributed by atoms with E-state index in [0.717, 1.165) is 30.4 Å². The first-order chi connectivity index (χ1) is 16.9. The molecule has 0 heterocycles. The molecule has 3 atom stereocenters. The summed E-state index contributed by atoms with van der Waals surface area (Å²) in [6.07, 6.45) is 2.89. The molecule has 0 spiro atoms. The molecular formula is C28H34N2O5. The minimum absolute atomic E-state index is 0.00894. The number of carbonyl (C=O) groups is 3. The van der Waals surface area contributed by atoms with E-state index in [1.54, 1.807) is 13.8 Å².